The van der Waals surface area contributed by atoms with Crippen molar-refractivity contribution in [2.45, 2.75) is 64.2 Å². The number of benzene rings is 1. The summed E-state index contributed by atoms with van der Waals surface area (Å²) in [6.45, 7) is 6.96. The molecule has 2 fully saturated rings. The predicted molar refractivity (Wildman–Crippen MR) is 111 cm³/mol. The minimum Gasteiger partial charge on any atom is -0.484 e. The number of ether oxygens (including phenoxy) is 1. The molecule has 0 unspecified atom stereocenters. The monoisotopic (exact) mass is 403 g/mol. The second-order valence-electron chi connectivity index (χ2n) is 8.63. The summed E-state index contributed by atoms with van der Waals surface area (Å²) in [5.41, 5.74) is 0.284. The van der Waals surface area contributed by atoms with Gasteiger partial charge in [0.2, 0.25) is 0 Å². The van der Waals surface area contributed by atoms with Crippen molar-refractivity contribution in [1.29, 1.82) is 0 Å². The lowest BCUT2D eigenvalue weighted by Gasteiger charge is -2.41. The first-order valence-electron chi connectivity index (χ1n) is 10.1. The molecule has 0 bridgehead atoms. The van der Waals surface area contributed by atoms with Crippen molar-refractivity contribution < 1.29 is 14.6 Å². The first-order chi connectivity index (χ1) is 13.3. The van der Waals surface area contributed by atoms with Gasteiger partial charge in [-0.05, 0) is 64.5 Å². The molecule has 4 rings (SSSR count). The number of amides is 2. The van der Waals surface area contributed by atoms with Gasteiger partial charge in [-0.25, -0.2) is 9.78 Å². The van der Waals surface area contributed by atoms with Gasteiger partial charge in [0, 0.05) is 6.04 Å². The Labute approximate surface area is 169 Å². The number of aryl methyl sites for hydroxylation is 1. The van der Waals surface area contributed by atoms with Crippen molar-refractivity contribution in [3.8, 4) is 5.75 Å². The molecule has 6 nitrogen and oxygen atoms in total. The van der Waals surface area contributed by atoms with Crippen LogP contribution in [0.1, 0.15) is 44.5 Å². The molecule has 1 aliphatic carbocycles. The van der Waals surface area contributed by atoms with E-state index in [1.54, 1.807) is 16.2 Å². The molecule has 0 spiro atoms. The van der Waals surface area contributed by atoms with Crippen molar-refractivity contribution in [3.05, 3.63) is 23.2 Å². The Kier molecular flexibility index (Phi) is 5.22. The average Bonchev–Trinajstić information content (AvgIpc) is 2.98. The third-order valence-electron chi connectivity index (χ3n) is 5.97. The maximum absolute atomic E-state index is 12.5. The number of hydrogen-bond donors (Lipinski definition) is 2. The second kappa shape index (κ2) is 7.52. The third-order valence-corrected chi connectivity index (χ3v) is 6.91. The molecule has 0 atom stereocenters. The van der Waals surface area contributed by atoms with Crippen LogP contribution in [0.3, 0.4) is 0 Å². The summed E-state index contributed by atoms with van der Waals surface area (Å²) in [4.78, 5) is 18.9. The number of rotatable bonds is 4. The lowest BCUT2D eigenvalue weighted by Crippen LogP contribution is -2.60. The molecule has 1 aromatic heterocycles. The van der Waals surface area contributed by atoms with Crippen LogP contribution in [0.4, 0.5) is 4.79 Å². The Morgan fingerprint density at radius 1 is 1.29 bits per heavy atom. The molecule has 1 aromatic carbocycles. The van der Waals surface area contributed by atoms with Crippen LogP contribution < -0.4 is 10.1 Å². The zero-order chi connectivity index (χ0) is 19.9. The number of likely N-dealkylation sites (tertiary alicyclic amines) is 1. The Balaban J connectivity index is 1.24. The number of carbonyl (C=O) groups excluding carboxylic acids is 1. The second-order valence-corrected chi connectivity index (χ2v) is 9.87. The van der Waals surface area contributed by atoms with Crippen LogP contribution in [-0.4, -0.2) is 51.9 Å². The van der Waals surface area contributed by atoms with Crippen molar-refractivity contribution in [1.82, 2.24) is 15.2 Å². The largest absolute Gasteiger partial charge is 0.484 e. The topological polar surface area (TPSA) is 74.7 Å². The molecule has 2 heterocycles. The lowest BCUT2D eigenvalue weighted by molar-refractivity contribution is -0.00326. The van der Waals surface area contributed by atoms with Crippen LogP contribution in [0.15, 0.2) is 18.2 Å². The number of urea groups is 1. The molecule has 2 aromatic rings. The highest BCUT2D eigenvalue weighted by atomic mass is 32.1. The predicted octanol–water partition coefficient (Wildman–Crippen LogP) is 3.71. The van der Waals surface area contributed by atoms with E-state index < -0.39 is 5.60 Å². The van der Waals surface area contributed by atoms with E-state index in [2.05, 4.69) is 16.4 Å². The van der Waals surface area contributed by atoms with E-state index >= 15 is 0 Å². The molecule has 28 heavy (non-hydrogen) atoms. The minimum atomic E-state index is -0.629. The van der Waals surface area contributed by atoms with Gasteiger partial charge in [-0.3, -0.25) is 0 Å². The average molecular weight is 404 g/mol. The maximum Gasteiger partial charge on any atom is 0.317 e. The molecule has 7 heteroatoms. The maximum atomic E-state index is 12.5. The molecule has 0 radical (unpaired) electrons. The smallest absolute Gasteiger partial charge is 0.317 e. The zero-order valence-corrected chi connectivity index (χ0v) is 17.6. The van der Waals surface area contributed by atoms with Crippen LogP contribution in [0.25, 0.3) is 10.2 Å². The fraction of sp³-hybridized carbons (Fsp3) is 0.619. The minimum absolute atomic E-state index is 0.00531. The highest BCUT2D eigenvalue weighted by molar-refractivity contribution is 7.18. The van der Waals surface area contributed by atoms with E-state index in [1.165, 1.54) is 0 Å². The first-order valence-corrected chi connectivity index (χ1v) is 10.9. The Bertz CT molecular complexity index is 846. The zero-order valence-electron chi connectivity index (χ0n) is 16.8. The molecule has 2 aliphatic rings. The summed E-state index contributed by atoms with van der Waals surface area (Å²) < 4.78 is 7.22. The lowest BCUT2D eigenvalue weighted by atomic mass is 9.77. The van der Waals surface area contributed by atoms with E-state index in [-0.39, 0.29) is 18.2 Å². The van der Waals surface area contributed by atoms with E-state index in [0.717, 1.165) is 46.7 Å². The van der Waals surface area contributed by atoms with Gasteiger partial charge in [-0.15, -0.1) is 11.3 Å². The number of nitrogens with zero attached hydrogens (tertiary/aromatic N) is 2. The van der Waals surface area contributed by atoms with Crippen molar-refractivity contribution in [2.75, 3.05) is 13.1 Å². The fourth-order valence-electron chi connectivity index (χ4n) is 4.20. The quantitative estimate of drug-likeness (QED) is 0.816. The van der Waals surface area contributed by atoms with Crippen LogP contribution in [-0.2, 0) is 0 Å². The third kappa shape index (κ3) is 4.10. The molecule has 2 N–H and O–H groups in total. The summed E-state index contributed by atoms with van der Waals surface area (Å²) in [5.74, 6) is 1.12. The number of hydrogen-bond acceptors (Lipinski definition) is 5. The van der Waals surface area contributed by atoms with Crippen LogP contribution in [0.2, 0.25) is 0 Å². The summed E-state index contributed by atoms with van der Waals surface area (Å²) in [5, 5.41) is 14.3. The normalized spacial score (nSPS) is 23.5. The fourth-order valence-corrected chi connectivity index (χ4v) is 5.04. The Hall–Kier alpha value is -1.86. The van der Waals surface area contributed by atoms with Crippen LogP contribution in [0, 0.1) is 12.8 Å². The number of aromatic nitrogens is 1. The number of carbonyl (C=O) groups is 1. The Morgan fingerprint density at radius 3 is 2.68 bits per heavy atom. The Morgan fingerprint density at radius 2 is 2.00 bits per heavy atom. The van der Waals surface area contributed by atoms with Gasteiger partial charge in [0.15, 0.2) is 0 Å². The van der Waals surface area contributed by atoms with E-state index in [0.29, 0.717) is 19.0 Å². The summed E-state index contributed by atoms with van der Waals surface area (Å²) >= 11 is 1.66. The van der Waals surface area contributed by atoms with Gasteiger partial charge in [0.25, 0.3) is 0 Å². The molecule has 1 saturated heterocycles. The molecule has 1 saturated carbocycles. The molecular weight excluding hydrogens is 374 g/mol. The van der Waals surface area contributed by atoms with Crippen LogP contribution in [0.5, 0.6) is 5.75 Å². The van der Waals surface area contributed by atoms with Gasteiger partial charge in [0.1, 0.15) is 17.4 Å². The van der Waals surface area contributed by atoms with Crippen molar-refractivity contribution in [2.24, 2.45) is 5.92 Å². The number of thiazole rings is 1. The van der Waals surface area contributed by atoms with E-state index in [9.17, 15) is 9.90 Å². The van der Waals surface area contributed by atoms with Crippen molar-refractivity contribution in [3.63, 3.8) is 0 Å². The highest BCUT2D eigenvalue weighted by Gasteiger charge is 2.36. The number of para-hydroxylation sites is 1. The highest BCUT2D eigenvalue weighted by Crippen LogP contribution is 2.33. The van der Waals surface area contributed by atoms with Gasteiger partial charge in [-0.1, -0.05) is 6.07 Å². The van der Waals surface area contributed by atoms with E-state index in [4.69, 9.17) is 4.74 Å². The molecule has 152 valence electrons. The number of nitrogens with one attached hydrogen (secondary N) is 1. The van der Waals surface area contributed by atoms with Gasteiger partial charge in [0.05, 0.1) is 28.4 Å². The molecular formula is C21H29N3O3S. The SMILES string of the molecule is Cc1nc2c(OC3CN(C(=O)N[C@H]4CC[C@H](C(C)(C)O)CC4)C3)cccc2s1. The summed E-state index contributed by atoms with van der Waals surface area (Å²) in [6, 6.07) is 6.19. The van der Waals surface area contributed by atoms with Crippen molar-refractivity contribution >= 4 is 27.6 Å². The number of aliphatic hydroxyl groups is 1. The number of fused-ring (bicyclic) bond motifs is 1. The molecule has 1 aliphatic heterocycles. The van der Waals surface area contributed by atoms with Gasteiger partial charge >= 0.3 is 6.03 Å². The van der Waals surface area contributed by atoms with E-state index in [1.807, 2.05) is 32.9 Å². The van der Waals surface area contributed by atoms with Crippen LogP contribution >= 0.6 is 11.3 Å². The summed E-state index contributed by atoms with van der Waals surface area (Å²) in [6.07, 6.45) is 3.79. The first kappa shape index (κ1) is 19.5. The molecule has 2 amide bonds. The van der Waals surface area contributed by atoms with Gasteiger partial charge < -0.3 is 20.1 Å². The summed E-state index contributed by atoms with van der Waals surface area (Å²) in [7, 11) is 0. The standard InChI is InChI=1S/C21H29N3O3S/c1-13-22-19-17(5-4-6-18(19)28-13)27-16-11-24(12-16)20(25)23-15-9-7-14(8-10-15)21(2,3)26/h4-6,14-16,26H,7-12H2,1-3H3,(H,23,25)/t14-,15-. The van der Waals surface area contributed by atoms with Gasteiger partial charge in [-0.2, -0.15) is 0 Å².